The van der Waals surface area contributed by atoms with E-state index in [-0.39, 0.29) is 18.1 Å². The molecule has 1 saturated heterocycles. The molecule has 26 heavy (non-hydrogen) atoms. The molecule has 2 atom stereocenters. The average Bonchev–Trinajstić information content (AvgIpc) is 3.10. The summed E-state index contributed by atoms with van der Waals surface area (Å²) in [7, 11) is 1.63. The van der Waals surface area contributed by atoms with E-state index >= 15 is 0 Å². The molecule has 3 rings (SSSR count). The summed E-state index contributed by atoms with van der Waals surface area (Å²) >= 11 is 0. The summed E-state index contributed by atoms with van der Waals surface area (Å²) in [6.45, 7) is 5.31. The molecule has 0 unspecified atom stereocenters. The van der Waals surface area contributed by atoms with Crippen LogP contribution in [-0.2, 0) is 16.0 Å². The second-order valence-electron chi connectivity index (χ2n) is 6.65. The Morgan fingerprint density at radius 3 is 2.58 bits per heavy atom. The molecule has 7 nitrogen and oxygen atoms in total. The largest absolute Gasteiger partial charge is 0.497 e. The highest BCUT2D eigenvalue weighted by atomic mass is 16.5. The van der Waals surface area contributed by atoms with Crippen LogP contribution in [0.1, 0.15) is 32.6 Å². The molecule has 1 fully saturated rings. The molecule has 1 amide bonds. The van der Waals surface area contributed by atoms with E-state index in [4.69, 9.17) is 14.0 Å². The number of nitrogens with zero attached hydrogens (tertiary/aromatic N) is 3. The number of carbonyl (C=O) groups excluding carboxylic acids is 1. The monoisotopic (exact) mass is 359 g/mol. The van der Waals surface area contributed by atoms with Gasteiger partial charge in [0.15, 0.2) is 0 Å². The number of hydrogen-bond acceptors (Lipinski definition) is 6. The van der Waals surface area contributed by atoms with Gasteiger partial charge in [-0.3, -0.25) is 4.79 Å². The third-order valence-corrected chi connectivity index (χ3v) is 4.37. The van der Waals surface area contributed by atoms with E-state index in [0.29, 0.717) is 44.1 Å². The van der Waals surface area contributed by atoms with Crippen molar-refractivity contribution in [3.63, 3.8) is 0 Å². The van der Waals surface area contributed by atoms with Crippen molar-refractivity contribution in [2.45, 2.75) is 45.3 Å². The Balaban J connectivity index is 1.49. The number of amides is 1. The highest BCUT2D eigenvalue weighted by Crippen LogP contribution is 2.20. The van der Waals surface area contributed by atoms with E-state index in [9.17, 15) is 4.79 Å². The van der Waals surface area contributed by atoms with Gasteiger partial charge in [-0.05, 0) is 44.5 Å². The summed E-state index contributed by atoms with van der Waals surface area (Å²) < 4.78 is 16.1. The summed E-state index contributed by atoms with van der Waals surface area (Å²) in [6.07, 6.45) is 1.92. The minimum Gasteiger partial charge on any atom is -0.497 e. The fraction of sp³-hybridized carbons (Fsp3) is 0.526. The predicted molar refractivity (Wildman–Crippen MR) is 95.8 cm³/mol. The summed E-state index contributed by atoms with van der Waals surface area (Å²) in [5, 5.41) is 4.01. The van der Waals surface area contributed by atoms with Gasteiger partial charge < -0.3 is 18.9 Å². The molecule has 2 aromatic rings. The Kier molecular flexibility index (Phi) is 5.88. The Morgan fingerprint density at radius 1 is 1.23 bits per heavy atom. The zero-order valence-electron chi connectivity index (χ0n) is 15.5. The lowest BCUT2D eigenvalue weighted by Crippen LogP contribution is -2.48. The molecule has 1 aliphatic heterocycles. The SMILES string of the molecule is COc1ccc(-c2noc(CCCC(=O)N3C[C@H](C)O[C@@H](C)C3)n2)cc1. The molecule has 0 aliphatic carbocycles. The fourth-order valence-electron chi connectivity index (χ4n) is 3.14. The molecule has 1 aromatic heterocycles. The number of morpholine rings is 1. The maximum atomic E-state index is 12.4. The van der Waals surface area contributed by atoms with Gasteiger partial charge in [0.25, 0.3) is 0 Å². The Morgan fingerprint density at radius 2 is 1.92 bits per heavy atom. The summed E-state index contributed by atoms with van der Waals surface area (Å²) in [5.41, 5.74) is 0.869. The Hall–Kier alpha value is -2.41. The second kappa shape index (κ2) is 8.31. The van der Waals surface area contributed by atoms with Gasteiger partial charge in [0.2, 0.25) is 17.6 Å². The lowest BCUT2D eigenvalue weighted by atomic mass is 10.1. The van der Waals surface area contributed by atoms with Crippen molar-refractivity contribution in [3.8, 4) is 17.1 Å². The van der Waals surface area contributed by atoms with E-state index in [1.807, 2.05) is 43.0 Å². The quantitative estimate of drug-likeness (QED) is 0.789. The Labute approximate surface area is 153 Å². The van der Waals surface area contributed by atoms with Gasteiger partial charge in [0, 0.05) is 31.5 Å². The maximum Gasteiger partial charge on any atom is 0.226 e. The zero-order valence-corrected chi connectivity index (χ0v) is 15.5. The lowest BCUT2D eigenvalue weighted by Gasteiger charge is -2.35. The van der Waals surface area contributed by atoms with Gasteiger partial charge >= 0.3 is 0 Å². The van der Waals surface area contributed by atoms with Crippen LogP contribution in [-0.4, -0.2) is 53.4 Å². The molecule has 0 N–H and O–H groups in total. The highest BCUT2D eigenvalue weighted by molar-refractivity contribution is 5.76. The first-order valence-electron chi connectivity index (χ1n) is 8.95. The second-order valence-corrected chi connectivity index (χ2v) is 6.65. The number of rotatable bonds is 6. The van der Waals surface area contributed by atoms with Crippen LogP contribution in [0.15, 0.2) is 28.8 Å². The number of ether oxygens (including phenoxy) is 2. The highest BCUT2D eigenvalue weighted by Gasteiger charge is 2.25. The van der Waals surface area contributed by atoms with E-state index in [1.165, 1.54) is 0 Å². The minimum atomic E-state index is 0.0886. The van der Waals surface area contributed by atoms with Crippen LogP contribution >= 0.6 is 0 Å². The summed E-state index contributed by atoms with van der Waals surface area (Å²) in [4.78, 5) is 18.6. The van der Waals surface area contributed by atoms with Crippen molar-refractivity contribution in [1.29, 1.82) is 0 Å². The van der Waals surface area contributed by atoms with Crippen LogP contribution in [0.25, 0.3) is 11.4 Å². The molecule has 0 radical (unpaired) electrons. The predicted octanol–water partition coefficient (Wildman–Crippen LogP) is 2.70. The van der Waals surface area contributed by atoms with E-state index in [2.05, 4.69) is 10.1 Å². The number of methoxy groups -OCH3 is 1. The van der Waals surface area contributed by atoms with Gasteiger partial charge in [0.05, 0.1) is 19.3 Å². The molecule has 0 spiro atoms. The molecule has 1 aromatic carbocycles. The average molecular weight is 359 g/mol. The number of hydrogen-bond donors (Lipinski definition) is 0. The molecule has 0 bridgehead atoms. The normalized spacial score (nSPS) is 20.2. The number of benzene rings is 1. The molecular formula is C19H25N3O4. The maximum absolute atomic E-state index is 12.4. The van der Waals surface area contributed by atoms with Crippen LogP contribution in [0.3, 0.4) is 0 Å². The van der Waals surface area contributed by atoms with Crippen LogP contribution in [0.5, 0.6) is 5.75 Å². The zero-order chi connectivity index (χ0) is 18.5. The summed E-state index contributed by atoms with van der Waals surface area (Å²) in [5.74, 6) is 2.03. The van der Waals surface area contributed by atoms with E-state index < -0.39 is 0 Å². The van der Waals surface area contributed by atoms with Gasteiger partial charge in [-0.25, -0.2) is 0 Å². The number of aryl methyl sites for hydroxylation is 1. The van der Waals surface area contributed by atoms with Crippen molar-refractivity contribution in [2.75, 3.05) is 20.2 Å². The Bertz CT molecular complexity index is 719. The third kappa shape index (κ3) is 4.60. The van der Waals surface area contributed by atoms with Crippen molar-refractivity contribution < 1.29 is 18.8 Å². The minimum absolute atomic E-state index is 0.0886. The smallest absolute Gasteiger partial charge is 0.226 e. The van der Waals surface area contributed by atoms with Crippen molar-refractivity contribution in [2.24, 2.45) is 0 Å². The molecule has 2 heterocycles. The fourth-order valence-corrected chi connectivity index (χ4v) is 3.14. The topological polar surface area (TPSA) is 77.7 Å². The number of carbonyl (C=O) groups is 1. The molecule has 7 heteroatoms. The third-order valence-electron chi connectivity index (χ3n) is 4.37. The van der Waals surface area contributed by atoms with Gasteiger partial charge in [-0.1, -0.05) is 5.16 Å². The summed E-state index contributed by atoms with van der Waals surface area (Å²) in [6, 6.07) is 7.48. The molecular weight excluding hydrogens is 334 g/mol. The lowest BCUT2D eigenvalue weighted by molar-refractivity contribution is -0.143. The van der Waals surface area contributed by atoms with Crippen molar-refractivity contribution in [3.05, 3.63) is 30.2 Å². The van der Waals surface area contributed by atoms with Crippen LogP contribution in [0.2, 0.25) is 0 Å². The van der Waals surface area contributed by atoms with Crippen molar-refractivity contribution in [1.82, 2.24) is 15.0 Å². The standard InChI is InChI=1S/C19H25N3O4/c1-13-11-22(12-14(2)25-13)18(23)6-4-5-17-20-19(21-26-17)15-7-9-16(24-3)10-8-15/h7-10,13-14H,4-6,11-12H2,1-3H3/t13-,14-/m0/s1. The van der Waals surface area contributed by atoms with Crippen LogP contribution < -0.4 is 4.74 Å². The van der Waals surface area contributed by atoms with E-state index in [1.54, 1.807) is 7.11 Å². The van der Waals surface area contributed by atoms with E-state index in [0.717, 1.165) is 11.3 Å². The molecule has 0 saturated carbocycles. The first kappa shape index (κ1) is 18.4. The first-order chi connectivity index (χ1) is 12.5. The number of aromatic nitrogens is 2. The van der Waals surface area contributed by atoms with Crippen molar-refractivity contribution >= 4 is 5.91 Å². The molecule has 1 aliphatic rings. The van der Waals surface area contributed by atoms with Gasteiger partial charge in [0.1, 0.15) is 5.75 Å². The van der Waals surface area contributed by atoms with Crippen LogP contribution in [0.4, 0.5) is 0 Å². The first-order valence-corrected chi connectivity index (χ1v) is 8.95. The van der Waals surface area contributed by atoms with Crippen LogP contribution in [0, 0.1) is 0 Å². The van der Waals surface area contributed by atoms with Gasteiger partial charge in [-0.2, -0.15) is 4.98 Å². The van der Waals surface area contributed by atoms with Gasteiger partial charge in [-0.15, -0.1) is 0 Å². The molecule has 140 valence electrons.